The normalized spacial score (nSPS) is 11.8. The van der Waals surface area contributed by atoms with Gasteiger partial charge < -0.3 is 20.3 Å². The van der Waals surface area contributed by atoms with Crippen molar-refractivity contribution >= 4 is 23.5 Å². The van der Waals surface area contributed by atoms with Crippen LogP contribution in [0.25, 0.3) is 0 Å². The Hall–Kier alpha value is -2.45. The molecule has 0 aromatic heterocycles. The predicted molar refractivity (Wildman–Crippen MR) is 104 cm³/mol. The van der Waals surface area contributed by atoms with Crippen LogP contribution < -0.4 is 20.9 Å². The van der Waals surface area contributed by atoms with E-state index in [-0.39, 0.29) is 25.0 Å². The molecule has 1 unspecified atom stereocenters. The van der Waals surface area contributed by atoms with Crippen molar-refractivity contribution in [2.45, 2.75) is 33.7 Å². The molecule has 0 aliphatic heterocycles. The Morgan fingerprint density at radius 2 is 1.78 bits per heavy atom. The summed E-state index contributed by atoms with van der Waals surface area (Å²) in [4.78, 5) is 36.8. The summed E-state index contributed by atoms with van der Waals surface area (Å²) in [6.07, 6.45) is 0. The number of carbonyl (C=O) groups excluding carboxylic acids is 3. The van der Waals surface area contributed by atoms with Gasteiger partial charge in [-0.1, -0.05) is 12.1 Å². The van der Waals surface area contributed by atoms with Gasteiger partial charge in [0.05, 0.1) is 6.61 Å². The Labute approximate surface area is 160 Å². The third-order valence-corrected chi connectivity index (χ3v) is 4.03. The Morgan fingerprint density at radius 3 is 2.41 bits per heavy atom. The van der Waals surface area contributed by atoms with E-state index in [1.807, 2.05) is 32.0 Å². The van der Waals surface area contributed by atoms with Gasteiger partial charge >= 0.3 is 6.03 Å². The fourth-order valence-corrected chi connectivity index (χ4v) is 2.49. The molecule has 0 aliphatic carbocycles. The highest BCUT2D eigenvalue weighted by Crippen LogP contribution is 2.17. The van der Waals surface area contributed by atoms with Crippen LogP contribution in [0.5, 0.6) is 0 Å². The zero-order valence-corrected chi connectivity index (χ0v) is 16.8. The van der Waals surface area contributed by atoms with E-state index < -0.39 is 11.9 Å². The maximum absolute atomic E-state index is 12.4. The number of nitrogens with one attached hydrogen (secondary N) is 4. The number of hydrogen-bond donors (Lipinski definition) is 4. The molecule has 150 valence electrons. The van der Waals surface area contributed by atoms with Crippen LogP contribution in [0.3, 0.4) is 0 Å². The van der Waals surface area contributed by atoms with Crippen molar-refractivity contribution in [1.29, 1.82) is 0 Å². The average Bonchev–Trinajstić information content (AvgIpc) is 2.55. The van der Waals surface area contributed by atoms with Gasteiger partial charge in [0, 0.05) is 18.8 Å². The molecule has 0 saturated carbocycles. The van der Waals surface area contributed by atoms with Gasteiger partial charge in [-0.15, -0.1) is 0 Å². The average molecular weight is 379 g/mol. The first-order valence-electron chi connectivity index (χ1n) is 9.01. The lowest BCUT2D eigenvalue weighted by atomic mass is 10.1. The fourth-order valence-electron chi connectivity index (χ4n) is 2.49. The van der Waals surface area contributed by atoms with E-state index in [4.69, 9.17) is 4.74 Å². The molecule has 0 saturated heterocycles. The van der Waals surface area contributed by atoms with Crippen LogP contribution in [-0.2, 0) is 14.3 Å². The molecule has 1 atom stereocenters. The molecule has 8 heteroatoms. The molecule has 1 rings (SSSR count). The van der Waals surface area contributed by atoms with Gasteiger partial charge in [-0.2, -0.15) is 0 Å². The minimum Gasteiger partial charge on any atom is -0.379 e. The Morgan fingerprint density at radius 1 is 1.11 bits per heavy atom. The molecular weight excluding hydrogens is 348 g/mol. The first kappa shape index (κ1) is 22.6. The highest BCUT2D eigenvalue weighted by atomic mass is 16.5. The van der Waals surface area contributed by atoms with Crippen LogP contribution in [0.4, 0.5) is 10.5 Å². The molecule has 27 heavy (non-hydrogen) atoms. The minimum atomic E-state index is -0.541. The number of anilines is 1. The maximum atomic E-state index is 12.4. The predicted octanol–water partition coefficient (Wildman–Crippen LogP) is 0.00744. The molecule has 1 aromatic rings. The summed E-state index contributed by atoms with van der Waals surface area (Å²) in [6, 6.07) is 5.10. The van der Waals surface area contributed by atoms with Crippen LogP contribution in [0, 0.1) is 13.8 Å². The largest absolute Gasteiger partial charge is 0.379 e. The lowest BCUT2D eigenvalue weighted by molar-refractivity contribution is -0.884. The molecule has 0 radical (unpaired) electrons. The van der Waals surface area contributed by atoms with Crippen molar-refractivity contribution in [2.75, 3.05) is 38.7 Å². The second-order valence-corrected chi connectivity index (χ2v) is 6.82. The van der Waals surface area contributed by atoms with E-state index in [0.717, 1.165) is 16.8 Å². The molecule has 0 aliphatic rings. The van der Waals surface area contributed by atoms with E-state index in [2.05, 4.69) is 16.0 Å². The van der Waals surface area contributed by atoms with E-state index >= 15 is 0 Å². The number of carbonyl (C=O) groups is 3. The third-order valence-electron chi connectivity index (χ3n) is 4.03. The minimum absolute atomic E-state index is 0.00487. The van der Waals surface area contributed by atoms with Crippen molar-refractivity contribution in [2.24, 2.45) is 0 Å². The molecule has 1 aromatic carbocycles. The summed E-state index contributed by atoms with van der Waals surface area (Å²) in [5.41, 5.74) is 2.85. The summed E-state index contributed by atoms with van der Waals surface area (Å²) in [5.74, 6) is -0.645. The molecule has 4 amide bonds. The lowest BCUT2D eigenvalue weighted by Crippen LogP contribution is -3.14. The Kier molecular flexibility index (Phi) is 9.46. The summed E-state index contributed by atoms with van der Waals surface area (Å²) < 4.78 is 5.06. The molecule has 0 heterocycles. The van der Waals surface area contributed by atoms with Gasteiger partial charge in [0.25, 0.3) is 11.8 Å². The van der Waals surface area contributed by atoms with Gasteiger partial charge in [0.1, 0.15) is 6.54 Å². The van der Waals surface area contributed by atoms with E-state index in [9.17, 15) is 14.4 Å². The number of aryl methyl sites for hydroxylation is 1. The smallest absolute Gasteiger partial charge is 0.321 e. The number of ether oxygens (including phenoxy) is 1. The highest BCUT2D eigenvalue weighted by Gasteiger charge is 2.20. The van der Waals surface area contributed by atoms with E-state index in [0.29, 0.717) is 18.1 Å². The van der Waals surface area contributed by atoms with Gasteiger partial charge in [-0.25, -0.2) is 4.79 Å². The van der Waals surface area contributed by atoms with Gasteiger partial charge in [-0.3, -0.25) is 14.9 Å². The molecule has 4 N–H and O–H groups in total. The monoisotopic (exact) mass is 379 g/mol. The highest BCUT2D eigenvalue weighted by molar-refractivity contribution is 5.95. The number of methoxy groups -OCH3 is 1. The summed E-state index contributed by atoms with van der Waals surface area (Å²) >= 11 is 0. The number of rotatable bonds is 9. The zero-order chi connectivity index (χ0) is 20.4. The summed E-state index contributed by atoms with van der Waals surface area (Å²) in [7, 11) is 1.56. The summed E-state index contributed by atoms with van der Waals surface area (Å²) in [5, 5.41) is 7.75. The van der Waals surface area contributed by atoms with E-state index in [1.54, 1.807) is 21.0 Å². The second kappa shape index (κ2) is 11.3. The van der Waals surface area contributed by atoms with Crippen LogP contribution in [-0.4, -0.2) is 57.2 Å². The Bertz CT molecular complexity index is 661. The van der Waals surface area contributed by atoms with Crippen LogP contribution in [0.1, 0.15) is 25.0 Å². The number of benzene rings is 1. The Balaban J connectivity index is 2.65. The number of amides is 4. The number of hydrogen-bond acceptors (Lipinski definition) is 4. The second-order valence-electron chi connectivity index (χ2n) is 6.82. The van der Waals surface area contributed by atoms with E-state index in [1.165, 1.54) is 0 Å². The molecule has 8 nitrogen and oxygen atoms in total. The van der Waals surface area contributed by atoms with Crippen molar-refractivity contribution in [3.8, 4) is 0 Å². The zero-order valence-electron chi connectivity index (χ0n) is 16.8. The van der Waals surface area contributed by atoms with Crippen molar-refractivity contribution in [1.82, 2.24) is 10.6 Å². The van der Waals surface area contributed by atoms with Gasteiger partial charge in [-0.05, 0) is 44.9 Å². The first-order valence-corrected chi connectivity index (χ1v) is 9.01. The number of urea groups is 1. The van der Waals surface area contributed by atoms with Crippen LogP contribution in [0.15, 0.2) is 18.2 Å². The maximum Gasteiger partial charge on any atom is 0.321 e. The molecule has 0 bridgehead atoms. The van der Waals surface area contributed by atoms with Crippen molar-refractivity contribution < 1.29 is 24.0 Å². The molecule has 0 spiro atoms. The summed E-state index contributed by atoms with van der Waals surface area (Å²) in [6.45, 7) is 8.49. The molecular formula is C19H31N4O4+. The van der Waals surface area contributed by atoms with Crippen molar-refractivity contribution in [3.05, 3.63) is 29.3 Å². The molecule has 0 fully saturated rings. The van der Waals surface area contributed by atoms with Crippen molar-refractivity contribution in [3.63, 3.8) is 0 Å². The van der Waals surface area contributed by atoms with Gasteiger partial charge in [0.2, 0.25) is 0 Å². The number of imide groups is 1. The topological polar surface area (TPSA) is 101 Å². The van der Waals surface area contributed by atoms with Crippen LogP contribution >= 0.6 is 0 Å². The number of quaternary nitrogens is 1. The third kappa shape index (κ3) is 8.65. The first-order chi connectivity index (χ1) is 12.7. The standard InChI is InChI=1S/C19H30N4O4/c1-13(2)20-19(26)22-18(25)12-23(9-10-27-5)11-17(24)21-16-8-6-7-14(3)15(16)4/h6-8,13H,9-12H2,1-5H3,(H,21,24)(H2,20,22,25,26)/p+1. The van der Waals surface area contributed by atoms with Crippen LogP contribution in [0.2, 0.25) is 0 Å². The fraction of sp³-hybridized carbons (Fsp3) is 0.526. The SMILES string of the molecule is COCC[NH+](CC(=O)NC(=O)NC(C)C)CC(=O)Nc1cccc(C)c1C. The quantitative estimate of drug-likeness (QED) is 0.485. The van der Waals surface area contributed by atoms with Gasteiger partial charge in [0.15, 0.2) is 13.1 Å². The lowest BCUT2D eigenvalue weighted by Gasteiger charge is -2.19.